The van der Waals surface area contributed by atoms with Crippen LogP contribution in [-0.2, 0) is 0 Å². The number of fused-ring (bicyclic) bond motifs is 1. The minimum Gasteiger partial charge on any atom is -0.497 e. The molecule has 6 nitrogen and oxygen atoms in total. The van der Waals surface area contributed by atoms with Crippen molar-refractivity contribution in [2.24, 2.45) is 5.92 Å². The van der Waals surface area contributed by atoms with E-state index in [-0.39, 0.29) is 17.2 Å². The van der Waals surface area contributed by atoms with Crippen molar-refractivity contribution in [3.63, 3.8) is 0 Å². The molecule has 0 bridgehead atoms. The Morgan fingerprint density at radius 2 is 2.08 bits per heavy atom. The molecule has 2 aromatic rings. The summed E-state index contributed by atoms with van der Waals surface area (Å²) in [6, 6.07) is 8.12. The second-order valence-corrected chi connectivity index (χ2v) is 8.30. The molecule has 0 amide bonds. The van der Waals surface area contributed by atoms with Gasteiger partial charge in [0.15, 0.2) is 5.16 Å². The highest BCUT2D eigenvalue weighted by Gasteiger charge is 2.43. The maximum Gasteiger partial charge on any atom is 0.264 e. The number of likely N-dealkylation sites (tertiary alicyclic amines) is 1. The van der Waals surface area contributed by atoms with Crippen LogP contribution in [0.1, 0.15) is 42.0 Å². The molecule has 26 heavy (non-hydrogen) atoms. The molecule has 3 heterocycles. The molecule has 2 aliphatic heterocycles. The number of carbonyl (C=O) groups is 1. The molecule has 0 aliphatic carbocycles. The van der Waals surface area contributed by atoms with Gasteiger partial charge in [0.25, 0.3) is 5.91 Å². The number of benzene rings is 1. The number of ether oxygens (including phenoxy) is 1. The zero-order valence-corrected chi connectivity index (χ0v) is 16.2. The predicted molar refractivity (Wildman–Crippen MR) is 101 cm³/mol. The number of carbonyl (C=O) groups excluding carboxylic acids is 1. The van der Waals surface area contributed by atoms with E-state index in [9.17, 15) is 4.79 Å². The van der Waals surface area contributed by atoms with Crippen LogP contribution in [0.25, 0.3) is 0 Å². The highest BCUT2D eigenvalue weighted by atomic mass is 32.2. The molecule has 138 valence electrons. The summed E-state index contributed by atoms with van der Waals surface area (Å²) in [5.41, 5.74) is 1.15. The number of methoxy groups -OCH3 is 1. The lowest BCUT2D eigenvalue weighted by Gasteiger charge is -2.39. The van der Waals surface area contributed by atoms with E-state index >= 15 is 0 Å². The number of piperidine rings is 1. The number of aromatic nitrogens is 3. The standard InChI is InChI=1S/C19H24N4O2S/c1-12-5-4-10-22(11-12)16(14-6-8-15(25-3)9-7-14)17-18(24)23-19(26-17)20-13(2)21-23/h6-9,12,16-17H,4-5,10-11H2,1-3H3. The molecule has 7 heteroatoms. The molecule has 3 unspecified atom stereocenters. The van der Waals surface area contributed by atoms with Crippen LogP contribution >= 0.6 is 11.8 Å². The number of nitrogens with zero attached hydrogens (tertiary/aromatic N) is 4. The Morgan fingerprint density at radius 3 is 2.73 bits per heavy atom. The van der Waals surface area contributed by atoms with Gasteiger partial charge in [-0.2, -0.15) is 4.68 Å². The molecular formula is C19H24N4O2S. The summed E-state index contributed by atoms with van der Waals surface area (Å²) in [6.45, 7) is 6.13. The van der Waals surface area contributed by atoms with Gasteiger partial charge in [-0.1, -0.05) is 30.8 Å². The fraction of sp³-hybridized carbons (Fsp3) is 0.526. The van der Waals surface area contributed by atoms with Crippen molar-refractivity contribution in [2.45, 2.75) is 43.1 Å². The third-order valence-corrected chi connectivity index (χ3v) is 6.38. The Kier molecular flexibility index (Phi) is 4.75. The number of rotatable bonds is 4. The van der Waals surface area contributed by atoms with Crippen LogP contribution in [0.5, 0.6) is 5.75 Å². The second-order valence-electron chi connectivity index (χ2n) is 7.19. The second kappa shape index (κ2) is 7.04. The maximum atomic E-state index is 13.1. The van der Waals surface area contributed by atoms with Crippen molar-refractivity contribution in [3.8, 4) is 5.75 Å². The van der Waals surface area contributed by atoms with E-state index in [0.717, 1.165) is 24.4 Å². The van der Waals surface area contributed by atoms with Crippen LogP contribution in [-0.4, -0.2) is 51.0 Å². The van der Waals surface area contributed by atoms with Crippen molar-refractivity contribution in [3.05, 3.63) is 35.7 Å². The minimum absolute atomic E-state index is 0.0185. The Bertz CT molecular complexity index is 804. The summed E-state index contributed by atoms with van der Waals surface area (Å²) >= 11 is 1.54. The summed E-state index contributed by atoms with van der Waals surface area (Å²) < 4.78 is 6.78. The first kappa shape index (κ1) is 17.5. The predicted octanol–water partition coefficient (Wildman–Crippen LogP) is 3.18. The average molecular weight is 372 g/mol. The number of hydrogen-bond donors (Lipinski definition) is 0. The van der Waals surface area contributed by atoms with Gasteiger partial charge in [0.1, 0.15) is 16.8 Å². The fourth-order valence-electron chi connectivity index (χ4n) is 3.96. The molecule has 0 saturated carbocycles. The van der Waals surface area contributed by atoms with E-state index in [1.807, 2.05) is 19.1 Å². The average Bonchev–Trinajstić information content (AvgIpc) is 3.14. The molecule has 2 aliphatic rings. The van der Waals surface area contributed by atoms with E-state index in [4.69, 9.17) is 4.74 Å². The van der Waals surface area contributed by atoms with E-state index in [0.29, 0.717) is 16.9 Å². The molecule has 1 saturated heterocycles. The molecule has 0 radical (unpaired) electrons. The first-order valence-electron chi connectivity index (χ1n) is 9.09. The number of thioether (sulfide) groups is 1. The highest BCUT2D eigenvalue weighted by Crippen LogP contribution is 2.42. The van der Waals surface area contributed by atoms with Gasteiger partial charge in [-0.15, -0.1) is 5.10 Å². The van der Waals surface area contributed by atoms with Gasteiger partial charge in [-0.25, -0.2) is 4.98 Å². The lowest BCUT2D eigenvalue weighted by molar-refractivity contribution is 0.0788. The number of aryl methyl sites for hydroxylation is 1. The topological polar surface area (TPSA) is 60.3 Å². The Hall–Kier alpha value is -1.86. The van der Waals surface area contributed by atoms with E-state index in [1.165, 1.54) is 29.3 Å². The van der Waals surface area contributed by atoms with Crippen molar-refractivity contribution in [1.82, 2.24) is 19.7 Å². The van der Waals surface area contributed by atoms with Crippen LogP contribution in [0.15, 0.2) is 29.4 Å². The van der Waals surface area contributed by atoms with Gasteiger partial charge < -0.3 is 4.74 Å². The summed E-state index contributed by atoms with van der Waals surface area (Å²) in [4.78, 5) is 19.9. The van der Waals surface area contributed by atoms with Gasteiger partial charge in [-0.3, -0.25) is 9.69 Å². The zero-order chi connectivity index (χ0) is 18.3. The summed E-state index contributed by atoms with van der Waals surface area (Å²) in [5, 5.41) is 4.77. The van der Waals surface area contributed by atoms with Crippen molar-refractivity contribution < 1.29 is 9.53 Å². The molecule has 3 atom stereocenters. The smallest absolute Gasteiger partial charge is 0.264 e. The van der Waals surface area contributed by atoms with Gasteiger partial charge in [-0.05, 0) is 49.9 Å². The van der Waals surface area contributed by atoms with Crippen LogP contribution in [0.4, 0.5) is 0 Å². The van der Waals surface area contributed by atoms with Crippen LogP contribution < -0.4 is 4.74 Å². The SMILES string of the molecule is COc1ccc(C(C2Sc3nc(C)nn3C2=O)N2CCCC(C)C2)cc1. The maximum absolute atomic E-state index is 13.1. The van der Waals surface area contributed by atoms with E-state index < -0.39 is 0 Å². The molecule has 1 aromatic carbocycles. The monoisotopic (exact) mass is 372 g/mol. The van der Waals surface area contributed by atoms with Crippen LogP contribution in [0.3, 0.4) is 0 Å². The summed E-state index contributed by atoms with van der Waals surface area (Å²) in [7, 11) is 1.67. The molecule has 4 rings (SSSR count). The Labute approximate surface area is 157 Å². The Morgan fingerprint density at radius 1 is 1.31 bits per heavy atom. The third kappa shape index (κ3) is 3.14. The minimum atomic E-state index is -0.218. The third-order valence-electron chi connectivity index (χ3n) is 5.19. The largest absolute Gasteiger partial charge is 0.497 e. The Balaban J connectivity index is 1.68. The van der Waals surface area contributed by atoms with Crippen molar-refractivity contribution in [2.75, 3.05) is 20.2 Å². The van der Waals surface area contributed by atoms with Crippen molar-refractivity contribution in [1.29, 1.82) is 0 Å². The first-order chi connectivity index (χ1) is 12.6. The molecule has 1 fully saturated rings. The van der Waals surface area contributed by atoms with E-state index in [1.54, 1.807) is 7.11 Å². The van der Waals surface area contributed by atoms with Crippen LogP contribution in [0.2, 0.25) is 0 Å². The van der Waals surface area contributed by atoms with Gasteiger partial charge in [0.2, 0.25) is 0 Å². The normalized spacial score (nSPS) is 24.5. The lowest BCUT2D eigenvalue weighted by atomic mass is 9.94. The zero-order valence-electron chi connectivity index (χ0n) is 15.4. The quantitative estimate of drug-likeness (QED) is 0.821. The fourth-order valence-corrected chi connectivity index (χ4v) is 5.26. The molecular weight excluding hydrogens is 348 g/mol. The molecule has 1 aromatic heterocycles. The lowest BCUT2D eigenvalue weighted by Crippen LogP contribution is -2.43. The van der Waals surface area contributed by atoms with Gasteiger partial charge in [0.05, 0.1) is 13.2 Å². The van der Waals surface area contributed by atoms with Crippen molar-refractivity contribution >= 4 is 17.7 Å². The summed E-state index contributed by atoms with van der Waals surface area (Å²) in [5.74, 6) is 2.15. The van der Waals surface area contributed by atoms with Gasteiger partial charge in [0, 0.05) is 6.54 Å². The molecule has 0 N–H and O–H groups in total. The molecule has 0 spiro atoms. The highest BCUT2D eigenvalue weighted by molar-refractivity contribution is 8.00. The summed E-state index contributed by atoms with van der Waals surface area (Å²) in [6.07, 6.45) is 2.42. The first-order valence-corrected chi connectivity index (χ1v) is 9.97. The van der Waals surface area contributed by atoms with Gasteiger partial charge >= 0.3 is 0 Å². The van der Waals surface area contributed by atoms with E-state index in [2.05, 4.69) is 34.0 Å². The van der Waals surface area contributed by atoms with Crippen LogP contribution in [0, 0.1) is 12.8 Å². The number of hydrogen-bond acceptors (Lipinski definition) is 6.